The minimum Gasteiger partial charge on any atom is -0.481 e. The van der Waals surface area contributed by atoms with Crippen LogP contribution >= 0.6 is 0 Å². The first-order valence-corrected chi connectivity index (χ1v) is 4.77. The van der Waals surface area contributed by atoms with Crippen LogP contribution in [0.25, 0.3) is 0 Å². The first-order valence-electron chi connectivity index (χ1n) is 4.77. The molecule has 0 aliphatic rings. The zero-order chi connectivity index (χ0) is 10.6. The molecule has 78 valence electrons. The van der Waals surface area contributed by atoms with E-state index in [-0.39, 0.29) is 5.41 Å². The first-order chi connectivity index (χ1) is 6.59. The Morgan fingerprint density at radius 3 is 2.79 bits per heavy atom. The van der Waals surface area contributed by atoms with Gasteiger partial charge in [-0.15, -0.1) is 0 Å². The van der Waals surface area contributed by atoms with Crippen molar-refractivity contribution in [3.05, 3.63) is 23.9 Å². The lowest BCUT2D eigenvalue weighted by Gasteiger charge is -2.22. The molecule has 1 aromatic heterocycles. The number of nitrogens with zero attached hydrogens (tertiary/aromatic N) is 1. The van der Waals surface area contributed by atoms with E-state index in [1.165, 1.54) is 0 Å². The molecule has 0 fully saturated rings. The van der Waals surface area contributed by atoms with Crippen molar-refractivity contribution in [2.45, 2.75) is 20.3 Å². The summed E-state index contributed by atoms with van der Waals surface area (Å²) in [5.41, 5.74) is 6.89. The van der Waals surface area contributed by atoms with Crippen molar-refractivity contribution in [3.8, 4) is 5.88 Å². The van der Waals surface area contributed by atoms with Crippen LogP contribution in [-0.2, 0) is 6.42 Å². The number of aromatic nitrogens is 1. The van der Waals surface area contributed by atoms with Crippen molar-refractivity contribution >= 4 is 0 Å². The summed E-state index contributed by atoms with van der Waals surface area (Å²) in [7, 11) is 1.64. The van der Waals surface area contributed by atoms with Gasteiger partial charge >= 0.3 is 0 Å². The highest BCUT2D eigenvalue weighted by Crippen LogP contribution is 2.24. The molecule has 0 radical (unpaired) electrons. The molecule has 0 unspecified atom stereocenters. The molecule has 2 N–H and O–H groups in total. The molecular weight excluding hydrogens is 176 g/mol. The fraction of sp³-hybridized carbons (Fsp3) is 0.545. The summed E-state index contributed by atoms with van der Waals surface area (Å²) >= 11 is 0. The standard InChI is InChI=1S/C11H18N2O/c1-11(2,8-12)7-9-5-4-6-13-10(9)14-3/h4-6H,7-8,12H2,1-3H3. The van der Waals surface area contributed by atoms with E-state index in [2.05, 4.69) is 18.8 Å². The maximum atomic E-state index is 5.68. The summed E-state index contributed by atoms with van der Waals surface area (Å²) in [6, 6.07) is 3.95. The van der Waals surface area contributed by atoms with Crippen molar-refractivity contribution in [3.63, 3.8) is 0 Å². The molecule has 0 amide bonds. The number of methoxy groups -OCH3 is 1. The lowest BCUT2D eigenvalue weighted by molar-refractivity contribution is 0.352. The molecule has 0 aromatic carbocycles. The first kappa shape index (κ1) is 11.0. The van der Waals surface area contributed by atoms with Gasteiger partial charge in [-0.25, -0.2) is 4.98 Å². The van der Waals surface area contributed by atoms with Crippen LogP contribution in [0.1, 0.15) is 19.4 Å². The molecule has 0 aliphatic carbocycles. The summed E-state index contributed by atoms with van der Waals surface area (Å²) in [6.45, 7) is 4.93. The Balaban J connectivity index is 2.85. The molecule has 0 saturated heterocycles. The number of nitrogens with two attached hydrogens (primary N) is 1. The third-order valence-electron chi connectivity index (χ3n) is 2.26. The molecule has 3 heteroatoms. The third kappa shape index (κ3) is 2.70. The maximum absolute atomic E-state index is 5.68. The van der Waals surface area contributed by atoms with Crippen molar-refractivity contribution < 1.29 is 4.74 Å². The van der Waals surface area contributed by atoms with Gasteiger partial charge in [0, 0.05) is 11.8 Å². The highest BCUT2D eigenvalue weighted by atomic mass is 16.5. The molecule has 1 rings (SSSR count). The smallest absolute Gasteiger partial charge is 0.216 e. The van der Waals surface area contributed by atoms with Gasteiger partial charge in [0.05, 0.1) is 7.11 Å². The third-order valence-corrected chi connectivity index (χ3v) is 2.26. The van der Waals surface area contributed by atoms with Crippen LogP contribution < -0.4 is 10.5 Å². The summed E-state index contributed by atoms with van der Waals surface area (Å²) in [6.07, 6.45) is 2.62. The van der Waals surface area contributed by atoms with E-state index in [0.29, 0.717) is 12.4 Å². The number of rotatable bonds is 4. The Labute approximate surface area is 85.3 Å². The minimum atomic E-state index is 0.0936. The van der Waals surface area contributed by atoms with Crippen LogP contribution in [0.4, 0.5) is 0 Å². The van der Waals surface area contributed by atoms with E-state index in [9.17, 15) is 0 Å². The zero-order valence-electron chi connectivity index (χ0n) is 9.08. The van der Waals surface area contributed by atoms with Gasteiger partial charge in [0.1, 0.15) is 0 Å². The van der Waals surface area contributed by atoms with Crippen LogP contribution in [-0.4, -0.2) is 18.6 Å². The number of ether oxygens (including phenoxy) is 1. The number of pyridine rings is 1. The van der Waals surface area contributed by atoms with E-state index < -0.39 is 0 Å². The summed E-state index contributed by atoms with van der Waals surface area (Å²) < 4.78 is 5.18. The maximum Gasteiger partial charge on any atom is 0.216 e. The second-order valence-electron chi connectivity index (χ2n) is 4.22. The monoisotopic (exact) mass is 194 g/mol. The SMILES string of the molecule is COc1ncccc1CC(C)(C)CN. The fourth-order valence-electron chi connectivity index (χ4n) is 1.33. The second-order valence-corrected chi connectivity index (χ2v) is 4.22. The Kier molecular flexibility index (Phi) is 3.47. The van der Waals surface area contributed by atoms with E-state index >= 15 is 0 Å². The van der Waals surface area contributed by atoms with Gasteiger partial charge in [-0.1, -0.05) is 19.9 Å². The Morgan fingerprint density at radius 1 is 1.50 bits per heavy atom. The Bertz CT molecular complexity index is 297. The number of hydrogen-bond donors (Lipinski definition) is 1. The lowest BCUT2D eigenvalue weighted by Crippen LogP contribution is -2.26. The Hall–Kier alpha value is -1.09. The summed E-state index contributed by atoms with van der Waals surface area (Å²) in [4.78, 5) is 4.15. The summed E-state index contributed by atoms with van der Waals surface area (Å²) in [5, 5.41) is 0. The van der Waals surface area contributed by atoms with Crippen LogP contribution in [0.2, 0.25) is 0 Å². The van der Waals surface area contributed by atoms with Crippen molar-refractivity contribution in [2.75, 3.05) is 13.7 Å². The highest BCUT2D eigenvalue weighted by molar-refractivity contribution is 5.26. The van der Waals surface area contributed by atoms with Crippen molar-refractivity contribution in [2.24, 2.45) is 11.1 Å². The molecule has 0 bridgehead atoms. The molecule has 0 spiro atoms. The summed E-state index contributed by atoms with van der Waals surface area (Å²) in [5.74, 6) is 0.703. The van der Waals surface area contributed by atoms with Crippen LogP contribution in [0, 0.1) is 5.41 Å². The largest absolute Gasteiger partial charge is 0.481 e. The minimum absolute atomic E-state index is 0.0936. The molecule has 3 nitrogen and oxygen atoms in total. The molecule has 0 saturated carbocycles. The average molecular weight is 194 g/mol. The van der Waals surface area contributed by atoms with Crippen LogP contribution in [0.5, 0.6) is 5.88 Å². The van der Waals surface area contributed by atoms with Crippen molar-refractivity contribution in [1.29, 1.82) is 0 Å². The Morgan fingerprint density at radius 2 is 2.21 bits per heavy atom. The molecule has 0 atom stereocenters. The van der Waals surface area contributed by atoms with Gasteiger partial charge in [0.25, 0.3) is 0 Å². The molecule has 1 aromatic rings. The van der Waals surface area contributed by atoms with E-state index in [0.717, 1.165) is 12.0 Å². The van der Waals surface area contributed by atoms with Gasteiger partial charge in [-0.2, -0.15) is 0 Å². The van der Waals surface area contributed by atoms with Crippen molar-refractivity contribution in [1.82, 2.24) is 4.98 Å². The van der Waals surface area contributed by atoms with E-state index in [1.807, 2.05) is 12.1 Å². The topological polar surface area (TPSA) is 48.1 Å². The van der Waals surface area contributed by atoms with Gasteiger partial charge in [-0.05, 0) is 24.4 Å². The predicted molar refractivity (Wildman–Crippen MR) is 57.3 cm³/mol. The second kappa shape index (κ2) is 4.42. The molecular formula is C11H18N2O. The molecule has 0 aliphatic heterocycles. The van der Waals surface area contributed by atoms with Crippen LogP contribution in [0.3, 0.4) is 0 Å². The molecule has 14 heavy (non-hydrogen) atoms. The van der Waals surface area contributed by atoms with Gasteiger partial charge < -0.3 is 10.5 Å². The van der Waals surface area contributed by atoms with Gasteiger partial charge in [0.2, 0.25) is 5.88 Å². The van der Waals surface area contributed by atoms with E-state index in [4.69, 9.17) is 10.5 Å². The quantitative estimate of drug-likeness (QED) is 0.792. The normalized spacial score (nSPS) is 11.4. The van der Waals surface area contributed by atoms with Gasteiger partial charge in [-0.3, -0.25) is 0 Å². The highest BCUT2D eigenvalue weighted by Gasteiger charge is 2.18. The van der Waals surface area contributed by atoms with Crippen LogP contribution in [0.15, 0.2) is 18.3 Å². The van der Waals surface area contributed by atoms with Gasteiger partial charge in [0.15, 0.2) is 0 Å². The lowest BCUT2D eigenvalue weighted by atomic mass is 9.86. The number of hydrogen-bond acceptors (Lipinski definition) is 3. The average Bonchev–Trinajstić information content (AvgIpc) is 2.18. The van der Waals surface area contributed by atoms with E-state index in [1.54, 1.807) is 13.3 Å². The zero-order valence-corrected chi connectivity index (χ0v) is 9.08. The predicted octanol–water partition coefficient (Wildman–Crippen LogP) is 1.62. The fourth-order valence-corrected chi connectivity index (χ4v) is 1.33. The molecule has 1 heterocycles.